The zero-order valence-electron chi connectivity index (χ0n) is 18.3. The number of aromatic amines is 1. The van der Waals surface area contributed by atoms with Crippen molar-refractivity contribution in [2.75, 3.05) is 7.05 Å². The minimum absolute atomic E-state index is 0.0369. The fourth-order valence-electron chi connectivity index (χ4n) is 3.76. The van der Waals surface area contributed by atoms with E-state index in [1.807, 2.05) is 19.1 Å². The zero-order chi connectivity index (χ0) is 23.6. The van der Waals surface area contributed by atoms with Crippen LogP contribution < -0.4 is 0 Å². The second-order valence-electron chi connectivity index (χ2n) is 7.86. The van der Waals surface area contributed by atoms with E-state index in [4.69, 9.17) is 0 Å². The first kappa shape index (κ1) is 22.6. The molecule has 2 aromatic carbocycles. The van der Waals surface area contributed by atoms with Gasteiger partial charge < -0.3 is 10.1 Å². The molecule has 2 aromatic heterocycles. The summed E-state index contributed by atoms with van der Waals surface area (Å²) in [7, 11) is -2.70. The summed E-state index contributed by atoms with van der Waals surface area (Å²) in [6, 6.07) is 16.0. The zero-order valence-corrected chi connectivity index (χ0v) is 19.1. The molecule has 4 rings (SSSR count). The quantitative estimate of drug-likeness (QED) is 0.414. The highest BCUT2D eigenvalue weighted by Gasteiger charge is 2.33. The van der Waals surface area contributed by atoms with Crippen LogP contribution >= 0.6 is 0 Å². The number of sulfonamides is 1. The van der Waals surface area contributed by atoms with E-state index in [-0.39, 0.29) is 11.3 Å². The Morgan fingerprint density at radius 3 is 2.42 bits per heavy atom. The van der Waals surface area contributed by atoms with Gasteiger partial charge in [-0.15, -0.1) is 0 Å². The summed E-state index contributed by atoms with van der Waals surface area (Å²) in [4.78, 5) is 24.0. The molecule has 0 aliphatic heterocycles. The molecule has 8 nitrogen and oxygen atoms in total. The molecule has 2 heterocycles. The molecule has 0 aliphatic carbocycles. The largest absolute Gasteiger partial charge is 0.480 e. The van der Waals surface area contributed by atoms with Gasteiger partial charge in [-0.25, -0.2) is 13.4 Å². The summed E-state index contributed by atoms with van der Waals surface area (Å²) in [5, 5.41) is 9.69. The maximum absolute atomic E-state index is 13.2. The number of hydrogen-bond acceptors (Lipinski definition) is 5. The van der Waals surface area contributed by atoms with Crippen molar-refractivity contribution in [3.63, 3.8) is 0 Å². The summed E-state index contributed by atoms with van der Waals surface area (Å²) < 4.78 is 27.2. The number of carboxylic acid groups (broad SMARTS) is 1. The summed E-state index contributed by atoms with van der Waals surface area (Å²) in [6.07, 6.45) is 2.27. The smallest absolute Gasteiger partial charge is 0.322 e. The van der Waals surface area contributed by atoms with Gasteiger partial charge in [-0.2, -0.15) is 4.31 Å². The van der Waals surface area contributed by atoms with Crippen molar-refractivity contribution in [1.82, 2.24) is 19.3 Å². The van der Waals surface area contributed by atoms with Crippen molar-refractivity contribution in [2.45, 2.75) is 30.7 Å². The lowest BCUT2D eigenvalue weighted by Gasteiger charge is -2.24. The third-order valence-corrected chi connectivity index (χ3v) is 7.44. The summed E-state index contributed by atoms with van der Waals surface area (Å²) >= 11 is 0. The highest BCUT2D eigenvalue weighted by Crippen LogP contribution is 2.22. The number of rotatable bonds is 8. The molecule has 2 N–H and O–H groups in total. The normalized spacial score (nSPS) is 12.8. The highest BCUT2D eigenvalue weighted by atomic mass is 32.2. The number of carboxylic acids is 1. The average molecular weight is 465 g/mol. The van der Waals surface area contributed by atoms with Crippen molar-refractivity contribution in [2.24, 2.45) is 0 Å². The maximum atomic E-state index is 13.2. The number of aryl methyl sites for hydroxylation is 1. The molecule has 33 heavy (non-hydrogen) atoms. The van der Waals surface area contributed by atoms with Crippen LogP contribution in [0, 0.1) is 6.92 Å². The minimum Gasteiger partial charge on any atom is -0.480 e. The molecule has 0 unspecified atom stereocenters. The average Bonchev–Trinajstić information content (AvgIpc) is 3.19. The molecule has 0 saturated heterocycles. The van der Waals surface area contributed by atoms with Crippen LogP contribution in [-0.2, 0) is 27.7 Å². The van der Waals surface area contributed by atoms with Crippen LogP contribution in [0.15, 0.2) is 71.8 Å². The Morgan fingerprint density at radius 1 is 1.06 bits per heavy atom. The van der Waals surface area contributed by atoms with E-state index in [0.29, 0.717) is 6.42 Å². The van der Waals surface area contributed by atoms with E-state index >= 15 is 0 Å². The summed E-state index contributed by atoms with van der Waals surface area (Å²) in [5.74, 6) is -0.401. The maximum Gasteiger partial charge on any atom is 0.322 e. The first-order valence-electron chi connectivity index (χ1n) is 10.4. The number of aromatic nitrogens is 3. The van der Waals surface area contributed by atoms with Crippen molar-refractivity contribution < 1.29 is 18.3 Å². The Hall–Kier alpha value is -3.56. The topological polar surface area (TPSA) is 116 Å². The summed E-state index contributed by atoms with van der Waals surface area (Å²) in [5.41, 5.74) is 4.10. The lowest BCUT2D eigenvalue weighted by molar-refractivity contribution is -0.141. The Kier molecular flexibility index (Phi) is 6.26. The van der Waals surface area contributed by atoms with E-state index in [9.17, 15) is 18.3 Å². The monoisotopic (exact) mass is 464 g/mol. The predicted octanol–water partition coefficient (Wildman–Crippen LogP) is 3.17. The molecule has 0 aliphatic rings. The van der Waals surface area contributed by atoms with Crippen LogP contribution in [0.5, 0.6) is 0 Å². The number of H-pyrrole nitrogens is 1. The molecule has 0 amide bonds. The summed E-state index contributed by atoms with van der Waals surface area (Å²) in [6.45, 7) is 1.88. The number of hydrogen-bond donors (Lipinski definition) is 2. The van der Waals surface area contributed by atoms with Crippen LogP contribution in [0.3, 0.4) is 0 Å². The molecule has 0 fully saturated rings. The van der Waals surface area contributed by atoms with Gasteiger partial charge in [-0.3, -0.25) is 9.78 Å². The van der Waals surface area contributed by atoms with E-state index in [1.165, 1.54) is 19.2 Å². The molecule has 1 atom stereocenters. The third-order valence-electron chi connectivity index (χ3n) is 5.56. The lowest BCUT2D eigenvalue weighted by atomic mass is 10.1. The standard InChI is InChI=1S/C24H24N4O4S/c1-16-26-20-12-13-25-21(23(20)27-16)14-18-8-10-19(11-9-18)33(31,32)28(2)22(24(29)30)15-17-6-4-3-5-7-17/h3-13,22H,14-15H2,1-2H3,(H,26,27)(H,29,30)/t22-/m0/s1. The highest BCUT2D eigenvalue weighted by molar-refractivity contribution is 7.89. The van der Waals surface area contributed by atoms with E-state index in [2.05, 4.69) is 15.0 Å². The van der Waals surface area contributed by atoms with Gasteiger partial charge >= 0.3 is 5.97 Å². The molecule has 0 saturated carbocycles. The van der Waals surface area contributed by atoms with Crippen molar-refractivity contribution in [3.05, 3.63) is 89.5 Å². The van der Waals surface area contributed by atoms with Crippen molar-refractivity contribution in [1.29, 1.82) is 0 Å². The van der Waals surface area contributed by atoms with Gasteiger partial charge in [0, 0.05) is 19.7 Å². The van der Waals surface area contributed by atoms with Gasteiger partial charge in [0.15, 0.2) is 0 Å². The predicted molar refractivity (Wildman–Crippen MR) is 124 cm³/mol. The van der Waals surface area contributed by atoms with Gasteiger partial charge in [0.05, 0.1) is 16.1 Å². The number of imidazole rings is 1. The fourth-order valence-corrected chi connectivity index (χ4v) is 5.07. The second-order valence-corrected chi connectivity index (χ2v) is 9.86. The van der Waals surface area contributed by atoms with Crippen molar-refractivity contribution in [3.8, 4) is 0 Å². The minimum atomic E-state index is -4.00. The lowest BCUT2D eigenvalue weighted by Crippen LogP contribution is -2.43. The van der Waals surface area contributed by atoms with E-state index in [1.54, 1.807) is 42.6 Å². The van der Waals surface area contributed by atoms with Crippen LogP contribution in [-0.4, -0.2) is 51.8 Å². The molecular formula is C24H24N4O4S. The molecule has 170 valence electrons. The Bertz CT molecular complexity index is 1380. The van der Waals surface area contributed by atoms with Gasteiger partial charge in [0.1, 0.15) is 17.4 Å². The number of likely N-dealkylation sites (N-methyl/N-ethyl adjacent to an activating group) is 1. The number of fused-ring (bicyclic) bond motifs is 1. The first-order valence-corrected chi connectivity index (χ1v) is 11.8. The van der Waals surface area contributed by atoms with Gasteiger partial charge in [0.25, 0.3) is 0 Å². The molecular weight excluding hydrogens is 440 g/mol. The van der Waals surface area contributed by atoms with Gasteiger partial charge in [-0.05, 0) is 42.7 Å². The van der Waals surface area contributed by atoms with Crippen LogP contribution in [0.4, 0.5) is 0 Å². The Morgan fingerprint density at radius 2 is 1.76 bits per heavy atom. The number of carbonyl (C=O) groups is 1. The van der Waals surface area contributed by atoms with E-state index < -0.39 is 22.0 Å². The number of pyridine rings is 1. The first-order chi connectivity index (χ1) is 15.8. The van der Waals surface area contributed by atoms with E-state index in [0.717, 1.165) is 38.0 Å². The van der Waals surface area contributed by atoms with Crippen molar-refractivity contribution >= 4 is 27.0 Å². The van der Waals surface area contributed by atoms with Crippen LogP contribution in [0.2, 0.25) is 0 Å². The van der Waals surface area contributed by atoms with Crippen LogP contribution in [0.1, 0.15) is 22.6 Å². The van der Waals surface area contributed by atoms with Gasteiger partial charge in [-0.1, -0.05) is 42.5 Å². The molecule has 4 aromatic rings. The third kappa shape index (κ3) is 4.79. The second kappa shape index (κ2) is 9.13. The number of aliphatic carboxylic acids is 1. The Balaban J connectivity index is 1.55. The molecule has 0 radical (unpaired) electrons. The van der Waals surface area contributed by atoms with Crippen LogP contribution in [0.25, 0.3) is 11.0 Å². The molecule has 0 spiro atoms. The SMILES string of the molecule is Cc1nc2c(Cc3ccc(S(=O)(=O)N(C)[C@@H](Cc4ccccc4)C(=O)O)cc3)nccc2[nH]1. The number of nitrogens with one attached hydrogen (secondary N) is 1. The molecule has 0 bridgehead atoms. The Labute approximate surface area is 192 Å². The number of benzene rings is 2. The van der Waals surface area contributed by atoms with Gasteiger partial charge in [0.2, 0.25) is 10.0 Å². The fraction of sp³-hybridized carbons (Fsp3) is 0.208. The number of nitrogens with zero attached hydrogens (tertiary/aromatic N) is 3. The molecule has 9 heteroatoms.